The highest BCUT2D eigenvalue weighted by molar-refractivity contribution is 7.18. The number of aromatic amines is 1. The van der Waals surface area contributed by atoms with Crippen molar-refractivity contribution in [1.82, 2.24) is 25.3 Å². The van der Waals surface area contributed by atoms with Crippen molar-refractivity contribution in [3.05, 3.63) is 59.3 Å². The van der Waals surface area contributed by atoms with Gasteiger partial charge in [0.2, 0.25) is 5.89 Å². The maximum absolute atomic E-state index is 12.3. The van der Waals surface area contributed by atoms with Gasteiger partial charge < -0.3 is 19.5 Å². The molecule has 3 heterocycles. The minimum Gasteiger partial charge on any atom is -0.484 e. The Bertz CT molecular complexity index is 1070. The second kappa shape index (κ2) is 7.20. The van der Waals surface area contributed by atoms with E-state index in [-0.39, 0.29) is 24.2 Å². The summed E-state index contributed by atoms with van der Waals surface area (Å²) in [5, 5.41) is 3.81. The van der Waals surface area contributed by atoms with Gasteiger partial charge in [-0.3, -0.25) is 4.79 Å². The number of aromatic nitrogens is 4. The van der Waals surface area contributed by atoms with Gasteiger partial charge in [0.15, 0.2) is 12.3 Å². The number of carbonyl (C=O) groups excluding carboxylic acids is 1. The number of fused-ring (bicyclic) bond motifs is 1. The molecule has 0 aliphatic carbocycles. The Morgan fingerprint density at radius 1 is 1.41 bits per heavy atom. The van der Waals surface area contributed by atoms with E-state index in [1.807, 2.05) is 32.0 Å². The van der Waals surface area contributed by atoms with Crippen LogP contribution < -0.4 is 10.1 Å². The molecule has 0 aliphatic heterocycles. The largest absolute Gasteiger partial charge is 0.484 e. The first-order valence-electron chi connectivity index (χ1n) is 8.33. The molecule has 0 radical (unpaired) electrons. The van der Waals surface area contributed by atoms with Crippen LogP contribution in [0.5, 0.6) is 5.75 Å². The topological polar surface area (TPSA) is 106 Å². The minimum absolute atomic E-state index is 0.121. The number of nitrogens with one attached hydrogen (secondary N) is 2. The number of nitrogens with zero attached hydrogens (tertiary/aromatic N) is 3. The summed E-state index contributed by atoms with van der Waals surface area (Å²) in [7, 11) is 0. The molecule has 138 valence electrons. The van der Waals surface area contributed by atoms with Gasteiger partial charge in [-0.2, -0.15) is 0 Å². The zero-order valence-corrected chi connectivity index (χ0v) is 15.5. The highest BCUT2D eigenvalue weighted by atomic mass is 32.1. The van der Waals surface area contributed by atoms with Gasteiger partial charge in [-0.05, 0) is 26.0 Å². The zero-order valence-electron chi connectivity index (χ0n) is 14.7. The van der Waals surface area contributed by atoms with Crippen LogP contribution in [-0.2, 0) is 6.61 Å². The first-order chi connectivity index (χ1) is 13.1. The summed E-state index contributed by atoms with van der Waals surface area (Å²) in [5.74, 6) is 1.32. The number of thiazole rings is 1. The molecule has 0 saturated heterocycles. The average Bonchev–Trinajstić information content (AvgIpc) is 3.39. The number of benzene rings is 1. The molecule has 1 amide bonds. The first-order valence-corrected chi connectivity index (χ1v) is 9.14. The Kier molecular flexibility index (Phi) is 4.59. The van der Waals surface area contributed by atoms with Gasteiger partial charge in [-0.25, -0.2) is 15.0 Å². The van der Waals surface area contributed by atoms with Gasteiger partial charge in [0, 0.05) is 18.5 Å². The van der Waals surface area contributed by atoms with Gasteiger partial charge in [0.05, 0.1) is 21.3 Å². The fourth-order valence-electron chi connectivity index (χ4n) is 2.59. The summed E-state index contributed by atoms with van der Waals surface area (Å²) in [4.78, 5) is 28.0. The molecular weight excluding hydrogens is 366 g/mol. The third kappa shape index (κ3) is 3.82. The van der Waals surface area contributed by atoms with Crippen LogP contribution in [0.15, 0.2) is 41.3 Å². The molecule has 8 nitrogen and oxygen atoms in total. The van der Waals surface area contributed by atoms with E-state index in [4.69, 9.17) is 9.15 Å². The molecule has 0 fully saturated rings. The molecule has 2 N–H and O–H groups in total. The molecule has 0 saturated carbocycles. The molecule has 3 aromatic heterocycles. The van der Waals surface area contributed by atoms with E-state index in [9.17, 15) is 4.79 Å². The summed E-state index contributed by atoms with van der Waals surface area (Å²) in [6, 6.07) is 5.46. The van der Waals surface area contributed by atoms with Gasteiger partial charge in [0.25, 0.3) is 5.91 Å². The molecule has 4 aromatic rings. The molecule has 0 spiro atoms. The number of H-pyrrole nitrogens is 1. The lowest BCUT2D eigenvalue weighted by Gasteiger charge is -2.09. The number of hydrogen-bond acceptors (Lipinski definition) is 7. The lowest BCUT2D eigenvalue weighted by molar-refractivity contribution is 0.0933. The normalized spacial score (nSPS) is 12.2. The Morgan fingerprint density at radius 3 is 3.11 bits per heavy atom. The maximum Gasteiger partial charge on any atom is 0.273 e. The van der Waals surface area contributed by atoms with E-state index >= 15 is 0 Å². The summed E-state index contributed by atoms with van der Waals surface area (Å²) in [6.45, 7) is 3.92. The molecular formula is C18H17N5O3S. The number of rotatable bonds is 6. The van der Waals surface area contributed by atoms with E-state index in [0.29, 0.717) is 17.5 Å². The number of hydrogen-bond donors (Lipinski definition) is 2. The lowest BCUT2D eigenvalue weighted by Crippen LogP contribution is -2.27. The quantitative estimate of drug-likeness (QED) is 0.529. The number of aryl methyl sites for hydroxylation is 1. The molecule has 0 bridgehead atoms. The van der Waals surface area contributed by atoms with Crippen LogP contribution in [0.4, 0.5) is 0 Å². The van der Waals surface area contributed by atoms with Crippen LogP contribution in [0.1, 0.15) is 40.2 Å². The smallest absolute Gasteiger partial charge is 0.273 e. The Hall–Kier alpha value is -3.20. The Morgan fingerprint density at radius 2 is 2.30 bits per heavy atom. The number of carbonyl (C=O) groups is 1. The zero-order chi connectivity index (χ0) is 18.8. The maximum atomic E-state index is 12.3. The van der Waals surface area contributed by atoms with Crippen LogP contribution in [0.25, 0.3) is 10.2 Å². The third-order valence-electron chi connectivity index (χ3n) is 3.89. The number of amides is 1. The van der Waals surface area contributed by atoms with Gasteiger partial charge >= 0.3 is 0 Å². The van der Waals surface area contributed by atoms with E-state index in [0.717, 1.165) is 15.2 Å². The van der Waals surface area contributed by atoms with Crippen LogP contribution in [0.2, 0.25) is 0 Å². The third-order valence-corrected chi connectivity index (χ3v) is 4.84. The van der Waals surface area contributed by atoms with Crippen molar-refractivity contribution < 1.29 is 13.9 Å². The fourth-order valence-corrected chi connectivity index (χ4v) is 3.40. The van der Waals surface area contributed by atoms with Crippen LogP contribution in [0, 0.1) is 6.92 Å². The van der Waals surface area contributed by atoms with Crippen LogP contribution >= 0.6 is 11.3 Å². The van der Waals surface area contributed by atoms with Gasteiger partial charge in [0.1, 0.15) is 17.8 Å². The fraction of sp³-hybridized carbons (Fsp3) is 0.222. The highest BCUT2D eigenvalue weighted by Gasteiger charge is 2.17. The monoisotopic (exact) mass is 383 g/mol. The minimum atomic E-state index is -0.340. The Balaban J connectivity index is 1.37. The second-order valence-electron chi connectivity index (χ2n) is 5.95. The lowest BCUT2D eigenvalue weighted by atomic mass is 10.3. The average molecular weight is 383 g/mol. The van der Waals surface area contributed by atoms with E-state index in [2.05, 4.69) is 25.3 Å². The standard InChI is InChI=1S/C18H17N5O3S/c1-10(17-19-5-6-20-17)21-18(24)14-8-26-16(23-14)9-25-12-3-4-15-13(7-12)22-11(2)27-15/h3-8,10H,9H2,1-2H3,(H,19,20)(H,21,24)/t10-/m0/s1. The van der Waals surface area contributed by atoms with Crippen molar-refractivity contribution in [2.45, 2.75) is 26.5 Å². The van der Waals surface area contributed by atoms with Crippen LogP contribution in [-0.4, -0.2) is 25.8 Å². The van der Waals surface area contributed by atoms with Crippen molar-refractivity contribution in [3.63, 3.8) is 0 Å². The van der Waals surface area contributed by atoms with Gasteiger partial charge in [-0.1, -0.05) is 0 Å². The van der Waals surface area contributed by atoms with E-state index in [1.54, 1.807) is 23.7 Å². The summed E-state index contributed by atoms with van der Waals surface area (Å²) in [6.07, 6.45) is 4.65. The van der Waals surface area contributed by atoms with Crippen molar-refractivity contribution in [1.29, 1.82) is 0 Å². The predicted octanol–water partition coefficient (Wildman–Crippen LogP) is 3.39. The molecule has 0 aliphatic rings. The molecule has 9 heteroatoms. The predicted molar refractivity (Wildman–Crippen MR) is 99.7 cm³/mol. The van der Waals surface area contributed by atoms with Gasteiger partial charge in [-0.15, -0.1) is 11.3 Å². The van der Waals surface area contributed by atoms with Crippen LogP contribution in [0.3, 0.4) is 0 Å². The molecule has 27 heavy (non-hydrogen) atoms. The number of oxazole rings is 1. The number of imidazole rings is 1. The number of ether oxygens (including phenoxy) is 1. The van der Waals surface area contributed by atoms with Crippen molar-refractivity contribution >= 4 is 27.5 Å². The summed E-state index contributed by atoms with van der Waals surface area (Å²) in [5.41, 5.74) is 1.09. The SMILES string of the molecule is Cc1nc2cc(OCc3nc(C(=O)N[C@@H](C)c4ncc[nH]4)co3)ccc2s1. The molecule has 1 atom stereocenters. The molecule has 1 aromatic carbocycles. The summed E-state index contributed by atoms with van der Waals surface area (Å²) < 4.78 is 12.2. The van der Waals surface area contributed by atoms with Crippen molar-refractivity contribution in [2.24, 2.45) is 0 Å². The second-order valence-corrected chi connectivity index (χ2v) is 7.18. The van der Waals surface area contributed by atoms with Crippen molar-refractivity contribution in [3.8, 4) is 5.75 Å². The first kappa shape index (κ1) is 17.2. The highest BCUT2D eigenvalue weighted by Crippen LogP contribution is 2.26. The summed E-state index contributed by atoms with van der Waals surface area (Å²) >= 11 is 1.64. The Labute approximate surface area is 158 Å². The molecule has 4 rings (SSSR count). The van der Waals surface area contributed by atoms with Crippen molar-refractivity contribution in [2.75, 3.05) is 0 Å². The van der Waals surface area contributed by atoms with E-state index in [1.165, 1.54) is 6.26 Å². The molecule has 0 unspecified atom stereocenters. The van der Waals surface area contributed by atoms with E-state index < -0.39 is 0 Å².